The first-order chi connectivity index (χ1) is 8.58. The number of ether oxygens (including phenoxy) is 1. The molecule has 96 valence electrons. The second-order valence-corrected chi connectivity index (χ2v) is 5.02. The lowest BCUT2D eigenvalue weighted by molar-refractivity contribution is -0.122. The van der Waals surface area contributed by atoms with Gasteiger partial charge in [-0.1, -0.05) is 27.5 Å². The predicted molar refractivity (Wildman–Crippen MR) is 72.4 cm³/mol. The second kappa shape index (κ2) is 5.28. The third kappa shape index (κ3) is 2.24. The van der Waals surface area contributed by atoms with Crippen LogP contribution >= 0.6 is 27.5 Å². The summed E-state index contributed by atoms with van der Waals surface area (Å²) in [5.74, 6) is -0.319. The minimum atomic E-state index is -0.318. The van der Waals surface area contributed by atoms with E-state index in [1.54, 1.807) is 18.2 Å². The zero-order valence-corrected chi connectivity index (χ0v) is 12.0. The number of nitrogens with zero attached hydrogens (tertiary/aromatic N) is 1. The molecular formula is C12H11BrClNO3. The summed E-state index contributed by atoms with van der Waals surface area (Å²) in [6.07, 6.45) is 0.208. The summed E-state index contributed by atoms with van der Waals surface area (Å²) in [7, 11) is 1.49. The lowest BCUT2D eigenvalue weighted by atomic mass is 10.1. The van der Waals surface area contributed by atoms with E-state index in [1.165, 1.54) is 7.11 Å². The minimum absolute atomic E-state index is 0.208. The van der Waals surface area contributed by atoms with E-state index in [0.29, 0.717) is 21.8 Å². The van der Waals surface area contributed by atoms with Gasteiger partial charge in [-0.3, -0.25) is 9.59 Å². The quantitative estimate of drug-likeness (QED) is 0.631. The fraction of sp³-hybridized carbons (Fsp3) is 0.333. The molecule has 18 heavy (non-hydrogen) atoms. The number of benzene rings is 1. The second-order valence-electron chi connectivity index (χ2n) is 3.94. The summed E-state index contributed by atoms with van der Waals surface area (Å²) in [5, 5.41) is 0.922. The smallest absolute Gasteiger partial charge is 0.238 e. The molecule has 1 fully saturated rings. The maximum absolute atomic E-state index is 12.1. The van der Waals surface area contributed by atoms with Crippen molar-refractivity contribution in [3.63, 3.8) is 0 Å². The summed E-state index contributed by atoms with van der Waals surface area (Å²) in [6, 6.07) is 4.85. The summed E-state index contributed by atoms with van der Waals surface area (Å²) in [5.41, 5.74) is 0.406. The number of anilines is 1. The van der Waals surface area contributed by atoms with Crippen molar-refractivity contribution in [2.75, 3.05) is 17.3 Å². The van der Waals surface area contributed by atoms with Crippen LogP contribution in [0.25, 0.3) is 0 Å². The monoisotopic (exact) mass is 331 g/mol. The topological polar surface area (TPSA) is 46.6 Å². The van der Waals surface area contributed by atoms with E-state index in [0.717, 1.165) is 4.90 Å². The molecule has 0 radical (unpaired) electrons. The van der Waals surface area contributed by atoms with Crippen LogP contribution in [0, 0.1) is 5.92 Å². The highest BCUT2D eigenvalue weighted by molar-refractivity contribution is 9.09. The number of carbonyl (C=O) groups is 2. The molecule has 1 saturated heterocycles. The lowest BCUT2D eigenvalue weighted by Crippen LogP contribution is -2.31. The summed E-state index contributed by atoms with van der Waals surface area (Å²) in [6.45, 7) is 0. The van der Waals surface area contributed by atoms with Crippen LogP contribution in [-0.4, -0.2) is 24.3 Å². The maximum atomic E-state index is 12.1. The number of rotatable bonds is 3. The van der Waals surface area contributed by atoms with Gasteiger partial charge in [0.25, 0.3) is 0 Å². The van der Waals surface area contributed by atoms with Gasteiger partial charge in [0, 0.05) is 16.8 Å². The lowest BCUT2D eigenvalue weighted by Gasteiger charge is -2.18. The van der Waals surface area contributed by atoms with E-state index in [1.807, 2.05) is 0 Å². The van der Waals surface area contributed by atoms with Crippen LogP contribution in [0.2, 0.25) is 5.02 Å². The van der Waals surface area contributed by atoms with Crippen molar-refractivity contribution in [2.45, 2.75) is 6.42 Å². The Labute approximate surface area is 118 Å². The average Bonchev–Trinajstić information content (AvgIpc) is 2.64. The van der Waals surface area contributed by atoms with Gasteiger partial charge in [0.05, 0.1) is 18.7 Å². The highest BCUT2D eigenvalue weighted by atomic mass is 79.9. The van der Waals surface area contributed by atoms with Crippen LogP contribution in [0.4, 0.5) is 5.69 Å². The van der Waals surface area contributed by atoms with E-state index >= 15 is 0 Å². The van der Waals surface area contributed by atoms with Crippen molar-refractivity contribution < 1.29 is 14.3 Å². The van der Waals surface area contributed by atoms with Crippen molar-refractivity contribution in [3.05, 3.63) is 23.2 Å². The van der Waals surface area contributed by atoms with Crippen molar-refractivity contribution >= 4 is 45.0 Å². The van der Waals surface area contributed by atoms with Crippen LogP contribution < -0.4 is 9.64 Å². The van der Waals surface area contributed by atoms with E-state index in [9.17, 15) is 9.59 Å². The molecule has 1 aromatic carbocycles. The van der Waals surface area contributed by atoms with E-state index in [2.05, 4.69) is 15.9 Å². The summed E-state index contributed by atoms with van der Waals surface area (Å²) < 4.78 is 5.16. The minimum Gasteiger partial charge on any atom is -0.495 e. The first kappa shape index (κ1) is 13.4. The van der Waals surface area contributed by atoms with Crippen molar-refractivity contribution in [1.29, 1.82) is 0 Å². The van der Waals surface area contributed by atoms with E-state index in [-0.39, 0.29) is 24.2 Å². The first-order valence-corrected chi connectivity index (χ1v) is 6.84. The molecule has 1 atom stereocenters. The number of imide groups is 1. The highest BCUT2D eigenvalue weighted by Gasteiger charge is 2.40. The van der Waals surface area contributed by atoms with Gasteiger partial charge in [0.2, 0.25) is 11.8 Å². The Morgan fingerprint density at radius 2 is 2.22 bits per heavy atom. The molecule has 1 unspecified atom stereocenters. The van der Waals surface area contributed by atoms with Crippen LogP contribution in [0.3, 0.4) is 0 Å². The zero-order valence-electron chi connectivity index (χ0n) is 9.65. The Morgan fingerprint density at radius 3 is 2.78 bits per heavy atom. The molecule has 1 aliphatic rings. The van der Waals surface area contributed by atoms with Gasteiger partial charge in [-0.2, -0.15) is 0 Å². The standard InChI is InChI=1S/C12H11BrClNO3/c1-18-10-3-2-8(14)5-9(10)15-11(16)4-7(6-13)12(15)17/h2-3,5,7H,4,6H2,1H3. The Kier molecular flexibility index (Phi) is 3.92. The van der Waals surface area contributed by atoms with Gasteiger partial charge < -0.3 is 4.74 Å². The van der Waals surface area contributed by atoms with Crippen LogP contribution in [0.1, 0.15) is 6.42 Å². The SMILES string of the molecule is COc1ccc(Cl)cc1N1C(=O)CC(CBr)C1=O. The molecule has 1 aromatic rings. The highest BCUT2D eigenvalue weighted by Crippen LogP contribution is 2.36. The molecule has 1 aliphatic heterocycles. The van der Waals surface area contributed by atoms with E-state index in [4.69, 9.17) is 16.3 Å². The average molecular weight is 333 g/mol. The molecule has 0 saturated carbocycles. The fourth-order valence-corrected chi connectivity index (χ4v) is 2.58. The largest absolute Gasteiger partial charge is 0.495 e. The fourth-order valence-electron chi connectivity index (χ4n) is 1.91. The summed E-state index contributed by atoms with van der Waals surface area (Å²) in [4.78, 5) is 25.2. The third-order valence-electron chi connectivity index (χ3n) is 2.81. The molecule has 1 heterocycles. The molecule has 0 N–H and O–H groups in total. The normalized spacial score (nSPS) is 19.5. The number of hydrogen-bond donors (Lipinski definition) is 0. The Bertz CT molecular complexity index is 506. The van der Waals surface area contributed by atoms with Gasteiger partial charge in [0.1, 0.15) is 5.75 Å². The molecule has 6 heteroatoms. The molecule has 0 aliphatic carbocycles. The number of amides is 2. The van der Waals surface area contributed by atoms with Crippen molar-refractivity contribution in [1.82, 2.24) is 0 Å². The molecule has 0 spiro atoms. The Hall–Kier alpha value is -1.07. The molecule has 2 rings (SSSR count). The summed E-state index contributed by atoms with van der Waals surface area (Å²) >= 11 is 9.14. The predicted octanol–water partition coefficient (Wildman–Crippen LogP) is 2.62. The number of hydrogen-bond acceptors (Lipinski definition) is 3. The Morgan fingerprint density at radius 1 is 1.50 bits per heavy atom. The van der Waals surface area contributed by atoms with E-state index < -0.39 is 0 Å². The van der Waals surface area contributed by atoms with Gasteiger partial charge in [0.15, 0.2) is 0 Å². The van der Waals surface area contributed by atoms with Gasteiger partial charge in [-0.15, -0.1) is 0 Å². The van der Waals surface area contributed by atoms with Gasteiger partial charge >= 0.3 is 0 Å². The molecular weight excluding hydrogens is 321 g/mol. The number of alkyl halides is 1. The van der Waals surface area contributed by atoms with Crippen LogP contribution in [0.5, 0.6) is 5.75 Å². The number of carbonyl (C=O) groups excluding carboxylic acids is 2. The Balaban J connectivity index is 2.45. The molecule has 4 nitrogen and oxygen atoms in total. The van der Waals surface area contributed by atoms with Crippen molar-refractivity contribution in [3.8, 4) is 5.75 Å². The first-order valence-electron chi connectivity index (χ1n) is 5.34. The molecule has 2 amide bonds. The van der Waals surface area contributed by atoms with Crippen LogP contribution in [-0.2, 0) is 9.59 Å². The van der Waals surface area contributed by atoms with Crippen LogP contribution in [0.15, 0.2) is 18.2 Å². The molecule has 0 aromatic heterocycles. The maximum Gasteiger partial charge on any atom is 0.238 e. The number of halogens is 2. The third-order valence-corrected chi connectivity index (χ3v) is 3.82. The molecule has 0 bridgehead atoms. The van der Waals surface area contributed by atoms with Crippen molar-refractivity contribution in [2.24, 2.45) is 5.92 Å². The van der Waals surface area contributed by atoms with Gasteiger partial charge in [-0.05, 0) is 18.2 Å². The van der Waals surface area contributed by atoms with Gasteiger partial charge in [-0.25, -0.2) is 4.90 Å². The number of methoxy groups -OCH3 is 1. The zero-order chi connectivity index (χ0) is 13.3.